The quantitative estimate of drug-likeness (QED) is 0.173. The molecule has 9 aromatic carbocycles. The number of hydrogen-bond donors (Lipinski definition) is 0. The van der Waals surface area contributed by atoms with Gasteiger partial charge in [-0.05, 0) is 112 Å². The van der Waals surface area contributed by atoms with Crippen LogP contribution in [0.15, 0.2) is 182 Å². The molecule has 0 bridgehead atoms. The summed E-state index contributed by atoms with van der Waals surface area (Å²) in [7, 11) is 0. The Balaban J connectivity index is 1.24. The SMILES string of the molecule is C1=CC2Oc3c(cc(-c4ccc5c(-c6ccc7ccccc7c6)c6ccccc6c(-c6ccc7ccccc7c6)c5c4)c4ccccc34)C2C=C1. The van der Waals surface area contributed by atoms with Gasteiger partial charge in [0.25, 0.3) is 0 Å². The van der Waals surface area contributed by atoms with Gasteiger partial charge in [0.2, 0.25) is 0 Å². The molecule has 51 heavy (non-hydrogen) atoms. The molecule has 0 saturated carbocycles. The molecule has 238 valence electrons. The summed E-state index contributed by atoms with van der Waals surface area (Å²) in [6.45, 7) is 0. The number of rotatable bonds is 3. The topological polar surface area (TPSA) is 9.23 Å². The van der Waals surface area contributed by atoms with Crippen molar-refractivity contribution < 1.29 is 4.74 Å². The number of ether oxygens (including phenoxy) is 1. The van der Waals surface area contributed by atoms with Gasteiger partial charge in [-0.3, -0.25) is 0 Å². The van der Waals surface area contributed by atoms with Crippen LogP contribution in [0.4, 0.5) is 0 Å². The first kappa shape index (κ1) is 28.4. The Bertz CT molecular complexity index is 2960. The summed E-state index contributed by atoms with van der Waals surface area (Å²) < 4.78 is 6.60. The molecule has 1 aliphatic heterocycles. The predicted octanol–water partition coefficient (Wildman–Crippen LogP) is 13.4. The maximum Gasteiger partial charge on any atom is 0.132 e. The van der Waals surface area contributed by atoms with Crippen LogP contribution >= 0.6 is 0 Å². The molecular formula is C50H32O. The van der Waals surface area contributed by atoms with E-state index in [1.54, 1.807) is 0 Å². The largest absolute Gasteiger partial charge is 0.484 e. The van der Waals surface area contributed by atoms with Crippen LogP contribution in [0, 0.1) is 0 Å². The summed E-state index contributed by atoms with van der Waals surface area (Å²) in [4.78, 5) is 0. The van der Waals surface area contributed by atoms with Crippen LogP contribution in [0.3, 0.4) is 0 Å². The Morgan fingerprint density at radius 3 is 1.59 bits per heavy atom. The van der Waals surface area contributed by atoms with E-state index in [9.17, 15) is 0 Å². The van der Waals surface area contributed by atoms with Crippen molar-refractivity contribution in [1.82, 2.24) is 0 Å². The van der Waals surface area contributed by atoms with E-state index >= 15 is 0 Å². The second kappa shape index (κ2) is 11.0. The third-order valence-electron chi connectivity index (χ3n) is 11.1. The van der Waals surface area contributed by atoms with Crippen molar-refractivity contribution in [2.75, 3.05) is 0 Å². The molecule has 0 aromatic heterocycles. The lowest BCUT2D eigenvalue weighted by Crippen LogP contribution is -2.15. The lowest BCUT2D eigenvalue weighted by atomic mass is 9.83. The Morgan fingerprint density at radius 1 is 0.373 bits per heavy atom. The summed E-state index contributed by atoms with van der Waals surface area (Å²) in [6.07, 6.45) is 8.76. The van der Waals surface area contributed by atoms with Crippen molar-refractivity contribution >= 4 is 53.9 Å². The molecule has 1 heterocycles. The lowest BCUT2D eigenvalue weighted by Gasteiger charge is -2.20. The fraction of sp³-hybridized carbons (Fsp3) is 0.0400. The van der Waals surface area contributed by atoms with E-state index in [0.717, 1.165) is 5.75 Å². The highest BCUT2D eigenvalue weighted by molar-refractivity contribution is 6.23. The fourth-order valence-electron chi connectivity index (χ4n) is 8.76. The van der Waals surface area contributed by atoms with E-state index in [2.05, 4.69) is 182 Å². The maximum atomic E-state index is 6.60. The first-order valence-corrected chi connectivity index (χ1v) is 17.8. The molecule has 0 fully saturated rings. The standard InChI is InChI=1S/C50H32O/c1-3-13-33-27-36(23-21-31(33)11-1)48-40-17-6-7-18-41(40)49(37-24-22-32-12-2-4-14-34(32)28-37)45-29-35(25-26-42(45)48)44-30-46-39-16-9-10-20-47(39)51-50(46)43-19-8-5-15-38(43)44/h1-30,39,47H. The van der Waals surface area contributed by atoms with Crippen LogP contribution in [-0.2, 0) is 0 Å². The summed E-state index contributed by atoms with van der Waals surface area (Å²) >= 11 is 0. The Hall–Kier alpha value is -6.44. The zero-order chi connectivity index (χ0) is 33.5. The highest BCUT2D eigenvalue weighted by Gasteiger charge is 2.34. The van der Waals surface area contributed by atoms with E-state index in [0.29, 0.717) is 0 Å². The van der Waals surface area contributed by atoms with E-state index in [1.807, 2.05) is 0 Å². The third-order valence-corrected chi connectivity index (χ3v) is 11.1. The average molecular weight is 649 g/mol. The smallest absolute Gasteiger partial charge is 0.132 e. The molecule has 0 radical (unpaired) electrons. The van der Waals surface area contributed by atoms with Crippen molar-refractivity contribution in [3.05, 3.63) is 188 Å². The van der Waals surface area contributed by atoms with Gasteiger partial charge in [-0.2, -0.15) is 0 Å². The van der Waals surface area contributed by atoms with Gasteiger partial charge in [0.15, 0.2) is 0 Å². The van der Waals surface area contributed by atoms with Crippen LogP contribution in [0.25, 0.3) is 87.2 Å². The Labute approximate surface area is 296 Å². The first-order chi connectivity index (χ1) is 25.3. The molecule has 9 aromatic rings. The molecule has 1 aliphatic carbocycles. The number of hydrogen-bond acceptors (Lipinski definition) is 1. The van der Waals surface area contributed by atoms with Gasteiger partial charge in [0.1, 0.15) is 11.9 Å². The molecule has 11 rings (SSSR count). The zero-order valence-electron chi connectivity index (χ0n) is 27.9. The van der Waals surface area contributed by atoms with E-state index in [-0.39, 0.29) is 12.0 Å². The van der Waals surface area contributed by atoms with E-state index < -0.39 is 0 Å². The van der Waals surface area contributed by atoms with Crippen molar-refractivity contribution in [2.24, 2.45) is 0 Å². The number of fused-ring (bicyclic) bond motifs is 9. The van der Waals surface area contributed by atoms with Crippen molar-refractivity contribution in [2.45, 2.75) is 12.0 Å². The minimum atomic E-state index is 0.0376. The Kier molecular flexibility index (Phi) is 6.15. The van der Waals surface area contributed by atoms with Crippen LogP contribution < -0.4 is 4.74 Å². The zero-order valence-corrected chi connectivity index (χ0v) is 27.9. The Morgan fingerprint density at radius 2 is 0.902 bits per heavy atom. The lowest BCUT2D eigenvalue weighted by molar-refractivity contribution is 0.271. The van der Waals surface area contributed by atoms with E-state index in [1.165, 1.54) is 92.8 Å². The second-order valence-electron chi connectivity index (χ2n) is 13.9. The van der Waals surface area contributed by atoms with Gasteiger partial charge in [-0.15, -0.1) is 0 Å². The van der Waals surface area contributed by atoms with Crippen molar-refractivity contribution in [3.63, 3.8) is 0 Å². The normalized spacial score (nSPS) is 16.2. The van der Waals surface area contributed by atoms with Crippen molar-refractivity contribution in [1.29, 1.82) is 0 Å². The van der Waals surface area contributed by atoms with Gasteiger partial charge in [-0.1, -0.05) is 152 Å². The minimum absolute atomic E-state index is 0.0376. The molecule has 1 nitrogen and oxygen atoms in total. The molecule has 0 saturated heterocycles. The molecule has 0 N–H and O–H groups in total. The first-order valence-electron chi connectivity index (χ1n) is 17.8. The molecule has 2 aliphatic rings. The minimum Gasteiger partial charge on any atom is -0.484 e. The molecule has 0 spiro atoms. The van der Waals surface area contributed by atoms with Crippen LogP contribution in [0.1, 0.15) is 11.5 Å². The fourth-order valence-corrected chi connectivity index (χ4v) is 8.76. The van der Waals surface area contributed by atoms with Gasteiger partial charge in [-0.25, -0.2) is 0 Å². The summed E-state index contributed by atoms with van der Waals surface area (Å²) in [6, 6.07) is 58.4. The molecule has 0 amide bonds. The molecule has 1 heteroatoms. The van der Waals surface area contributed by atoms with Gasteiger partial charge in [0.05, 0.1) is 0 Å². The molecule has 2 atom stereocenters. The molecule has 2 unspecified atom stereocenters. The summed E-state index contributed by atoms with van der Waals surface area (Å²) in [5.41, 5.74) is 8.72. The predicted molar refractivity (Wildman–Crippen MR) is 216 cm³/mol. The maximum absolute atomic E-state index is 6.60. The average Bonchev–Trinajstić information content (AvgIpc) is 3.58. The molecular weight excluding hydrogens is 617 g/mol. The van der Waals surface area contributed by atoms with Crippen molar-refractivity contribution in [3.8, 4) is 39.1 Å². The van der Waals surface area contributed by atoms with Gasteiger partial charge < -0.3 is 4.74 Å². The van der Waals surface area contributed by atoms with Crippen LogP contribution in [-0.4, -0.2) is 6.10 Å². The highest BCUT2D eigenvalue weighted by atomic mass is 16.5. The van der Waals surface area contributed by atoms with Crippen LogP contribution in [0.2, 0.25) is 0 Å². The van der Waals surface area contributed by atoms with Gasteiger partial charge >= 0.3 is 0 Å². The second-order valence-corrected chi connectivity index (χ2v) is 13.9. The highest BCUT2D eigenvalue weighted by Crippen LogP contribution is 2.50. The van der Waals surface area contributed by atoms with Crippen LogP contribution in [0.5, 0.6) is 5.75 Å². The van der Waals surface area contributed by atoms with Gasteiger partial charge in [0, 0.05) is 16.9 Å². The number of benzene rings is 9. The monoisotopic (exact) mass is 648 g/mol. The third kappa shape index (κ3) is 4.35. The number of allylic oxidation sites excluding steroid dienone is 2. The summed E-state index contributed by atoms with van der Waals surface area (Å²) in [5, 5.41) is 12.4. The summed E-state index contributed by atoms with van der Waals surface area (Å²) in [5.74, 6) is 1.23. The van der Waals surface area contributed by atoms with E-state index in [4.69, 9.17) is 4.74 Å².